The molecule has 1 amide bonds. The first-order valence-electron chi connectivity index (χ1n) is 9.83. The molecule has 0 saturated carbocycles. The van der Waals surface area contributed by atoms with Crippen molar-refractivity contribution in [3.8, 4) is 5.75 Å². The van der Waals surface area contributed by atoms with Gasteiger partial charge >= 0.3 is 0 Å². The monoisotopic (exact) mass is 466 g/mol. The molecule has 0 bridgehead atoms. The van der Waals surface area contributed by atoms with Gasteiger partial charge in [0.15, 0.2) is 5.75 Å². The van der Waals surface area contributed by atoms with Crippen LogP contribution < -0.4 is 10.1 Å². The maximum atomic E-state index is 12.5. The van der Waals surface area contributed by atoms with Gasteiger partial charge in [-0.15, -0.1) is 0 Å². The van der Waals surface area contributed by atoms with Gasteiger partial charge in [-0.25, -0.2) is 8.42 Å². The molecule has 9 heteroatoms. The molecule has 0 atom stereocenters. The molecule has 0 aliphatic rings. The van der Waals surface area contributed by atoms with E-state index in [1.54, 1.807) is 57.4 Å². The molecular formula is C22H27ClN2O5S. The van der Waals surface area contributed by atoms with Crippen LogP contribution in [0.3, 0.4) is 0 Å². The number of hydrogen-bond donors (Lipinski definition) is 1. The average molecular weight is 467 g/mol. The summed E-state index contributed by atoms with van der Waals surface area (Å²) in [5.74, 6) is -0.00683. The number of sulfonamides is 1. The highest BCUT2D eigenvalue weighted by Gasteiger charge is 2.21. The lowest BCUT2D eigenvalue weighted by Crippen LogP contribution is -2.30. The van der Waals surface area contributed by atoms with Crippen molar-refractivity contribution in [3.63, 3.8) is 0 Å². The van der Waals surface area contributed by atoms with E-state index in [1.165, 1.54) is 22.5 Å². The van der Waals surface area contributed by atoms with Crippen LogP contribution in [0.5, 0.6) is 5.75 Å². The molecule has 1 N–H and O–H groups in total. The molecule has 0 heterocycles. The molecule has 2 aromatic rings. The second kappa shape index (κ2) is 11.9. The Morgan fingerprint density at radius 3 is 2.39 bits per heavy atom. The Kier molecular flexibility index (Phi) is 9.51. The zero-order valence-corrected chi connectivity index (χ0v) is 19.4. The van der Waals surface area contributed by atoms with Gasteiger partial charge in [0.05, 0.1) is 22.2 Å². The molecule has 2 aromatic carbocycles. The minimum atomic E-state index is -3.51. The van der Waals surface area contributed by atoms with Crippen LogP contribution in [0.15, 0.2) is 53.4 Å². The summed E-state index contributed by atoms with van der Waals surface area (Å²) in [6.07, 6.45) is 2.95. The summed E-state index contributed by atoms with van der Waals surface area (Å²) in [5.41, 5.74) is 1.13. The zero-order valence-electron chi connectivity index (χ0n) is 17.8. The van der Waals surface area contributed by atoms with Crippen LogP contribution >= 0.6 is 11.6 Å². The van der Waals surface area contributed by atoms with Crippen LogP contribution in [-0.2, 0) is 19.6 Å². The SMILES string of the molecule is CCN(CC)S(=O)(=O)c1ccc(/C=C/C(=O)Nc2cccc(Cl)c2OCCOC)cc1. The molecule has 0 radical (unpaired) electrons. The Balaban J connectivity index is 2.08. The standard InChI is InChI=1S/C22H27ClN2O5S/c1-4-25(5-2)31(27,28)18-12-9-17(10-13-18)11-14-21(26)24-20-8-6-7-19(23)22(20)30-16-15-29-3/h6-14H,4-5,15-16H2,1-3H3,(H,24,26)/b14-11+. The van der Waals surface area contributed by atoms with Gasteiger partial charge in [0.2, 0.25) is 15.9 Å². The van der Waals surface area contributed by atoms with E-state index in [0.717, 1.165) is 0 Å². The smallest absolute Gasteiger partial charge is 0.248 e. The van der Waals surface area contributed by atoms with Crippen molar-refractivity contribution in [2.75, 3.05) is 38.7 Å². The second-order valence-corrected chi connectivity index (χ2v) is 8.78. The Morgan fingerprint density at radius 2 is 1.77 bits per heavy atom. The Labute approximate surface area is 188 Å². The van der Waals surface area contributed by atoms with Crippen molar-refractivity contribution in [2.45, 2.75) is 18.7 Å². The first-order chi connectivity index (χ1) is 14.8. The Bertz CT molecular complexity index is 1000. The number of methoxy groups -OCH3 is 1. The van der Waals surface area contributed by atoms with Crippen molar-refractivity contribution in [3.05, 3.63) is 59.1 Å². The van der Waals surface area contributed by atoms with E-state index in [0.29, 0.717) is 48.3 Å². The number of benzene rings is 2. The average Bonchev–Trinajstić information content (AvgIpc) is 2.75. The van der Waals surface area contributed by atoms with E-state index in [4.69, 9.17) is 21.1 Å². The molecule has 0 aromatic heterocycles. The third kappa shape index (κ3) is 6.80. The molecule has 0 unspecified atom stereocenters. The molecule has 2 rings (SSSR count). The first-order valence-corrected chi connectivity index (χ1v) is 11.6. The Morgan fingerprint density at radius 1 is 1.10 bits per heavy atom. The van der Waals surface area contributed by atoms with Crippen molar-refractivity contribution in [1.82, 2.24) is 4.31 Å². The summed E-state index contributed by atoms with van der Waals surface area (Å²) in [6, 6.07) is 11.4. The van der Waals surface area contributed by atoms with Gasteiger partial charge in [-0.2, -0.15) is 4.31 Å². The molecule has 7 nitrogen and oxygen atoms in total. The lowest BCUT2D eigenvalue weighted by atomic mass is 10.2. The molecular weight excluding hydrogens is 440 g/mol. The minimum Gasteiger partial charge on any atom is -0.487 e. The first kappa shape index (κ1) is 24.9. The molecule has 168 valence electrons. The summed E-state index contributed by atoms with van der Waals surface area (Å²) >= 11 is 6.17. The van der Waals surface area contributed by atoms with Crippen LogP contribution in [0.1, 0.15) is 19.4 Å². The van der Waals surface area contributed by atoms with Gasteiger partial charge in [-0.3, -0.25) is 4.79 Å². The van der Waals surface area contributed by atoms with Crippen molar-refractivity contribution in [2.24, 2.45) is 0 Å². The second-order valence-electron chi connectivity index (χ2n) is 6.44. The van der Waals surface area contributed by atoms with Crippen LogP contribution in [0.2, 0.25) is 5.02 Å². The fourth-order valence-electron chi connectivity index (χ4n) is 2.79. The van der Waals surface area contributed by atoms with Gasteiger partial charge in [0, 0.05) is 26.3 Å². The van der Waals surface area contributed by atoms with Crippen molar-refractivity contribution in [1.29, 1.82) is 0 Å². The van der Waals surface area contributed by atoms with Crippen LogP contribution in [0, 0.1) is 0 Å². The summed E-state index contributed by atoms with van der Waals surface area (Å²) in [6.45, 7) is 5.08. The maximum Gasteiger partial charge on any atom is 0.248 e. The van der Waals surface area contributed by atoms with Crippen molar-refractivity contribution >= 4 is 39.3 Å². The van der Waals surface area contributed by atoms with Crippen LogP contribution in [0.25, 0.3) is 6.08 Å². The van der Waals surface area contributed by atoms with E-state index < -0.39 is 10.0 Å². The summed E-state index contributed by atoms with van der Waals surface area (Å²) in [5, 5.41) is 3.11. The number of halogens is 1. The third-order valence-electron chi connectivity index (χ3n) is 4.41. The zero-order chi connectivity index (χ0) is 22.9. The van der Waals surface area contributed by atoms with Crippen molar-refractivity contribution < 1.29 is 22.7 Å². The minimum absolute atomic E-state index is 0.217. The Hall–Kier alpha value is -2.39. The van der Waals surface area contributed by atoms with E-state index in [-0.39, 0.29) is 10.8 Å². The number of amides is 1. The molecule has 0 saturated heterocycles. The number of hydrogen-bond acceptors (Lipinski definition) is 5. The van der Waals surface area contributed by atoms with Crippen LogP contribution in [-0.4, -0.2) is 52.0 Å². The van der Waals surface area contributed by atoms with Gasteiger partial charge in [-0.1, -0.05) is 43.6 Å². The predicted molar refractivity (Wildman–Crippen MR) is 123 cm³/mol. The normalized spacial score (nSPS) is 11.8. The quantitative estimate of drug-likeness (QED) is 0.399. The predicted octanol–water partition coefficient (Wildman–Crippen LogP) is 4.05. The molecule has 0 aliphatic carbocycles. The van der Waals surface area contributed by atoms with Gasteiger partial charge < -0.3 is 14.8 Å². The van der Waals surface area contributed by atoms with Gasteiger partial charge in [0.25, 0.3) is 0 Å². The maximum absolute atomic E-state index is 12.5. The summed E-state index contributed by atoms with van der Waals surface area (Å²) < 4.78 is 37.0. The number of carbonyl (C=O) groups excluding carboxylic acids is 1. The van der Waals surface area contributed by atoms with Crippen LogP contribution in [0.4, 0.5) is 5.69 Å². The highest BCUT2D eigenvalue weighted by molar-refractivity contribution is 7.89. The van der Waals surface area contributed by atoms with Gasteiger partial charge in [0.1, 0.15) is 6.61 Å². The fraction of sp³-hybridized carbons (Fsp3) is 0.318. The number of rotatable bonds is 11. The van der Waals surface area contributed by atoms with E-state index >= 15 is 0 Å². The third-order valence-corrected chi connectivity index (χ3v) is 6.77. The summed E-state index contributed by atoms with van der Waals surface area (Å²) in [7, 11) is -1.95. The number of ether oxygens (including phenoxy) is 2. The molecule has 0 spiro atoms. The number of anilines is 1. The lowest BCUT2D eigenvalue weighted by Gasteiger charge is -2.18. The number of nitrogens with zero attached hydrogens (tertiary/aromatic N) is 1. The largest absolute Gasteiger partial charge is 0.487 e. The summed E-state index contributed by atoms with van der Waals surface area (Å²) in [4.78, 5) is 12.6. The van der Waals surface area contributed by atoms with E-state index in [9.17, 15) is 13.2 Å². The fourth-order valence-corrected chi connectivity index (χ4v) is 4.48. The number of nitrogens with one attached hydrogen (secondary N) is 1. The topological polar surface area (TPSA) is 84.9 Å². The molecule has 0 aliphatic heterocycles. The molecule has 0 fully saturated rings. The van der Waals surface area contributed by atoms with E-state index in [2.05, 4.69) is 5.32 Å². The number of carbonyl (C=O) groups is 1. The molecule has 31 heavy (non-hydrogen) atoms. The lowest BCUT2D eigenvalue weighted by molar-refractivity contribution is -0.111. The van der Waals surface area contributed by atoms with E-state index in [1.807, 2.05) is 0 Å². The number of para-hydroxylation sites is 1. The highest BCUT2D eigenvalue weighted by atomic mass is 35.5. The van der Waals surface area contributed by atoms with Gasteiger partial charge in [-0.05, 0) is 35.9 Å². The highest BCUT2D eigenvalue weighted by Crippen LogP contribution is 2.33.